The standard InChI is InChI=1S/C14H20O4/c1-5-11(6-2)18-12-8-7-10(14(15)17-4)9-13(12)16-3/h7-9,11H,5-6H2,1-4H3. The third-order valence-corrected chi connectivity index (χ3v) is 2.79. The highest BCUT2D eigenvalue weighted by atomic mass is 16.5. The lowest BCUT2D eigenvalue weighted by Gasteiger charge is -2.18. The highest BCUT2D eigenvalue weighted by molar-refractivity contribution is 5.90. The first-order valence-electron chi connectivity index (χ1n) is 6.09. The van der Waals surface area contributed by atoms with E-state index in [0.29, 0.717) is 17.1 Å². The minimum Gasteiger partial charge on any atom is -0.493 e. The zero-order valence-corrected chi connectivity index (χ0v) is 11.4. The maximum Gasteiger partial charge on any atom is 0.337 e. The van der Waals surface area contributed by atoms with E-state index in [2.05, 4.69) is 18.6 Å². The molecule has 0 aliphatic carbocycles. The van der Waals surface area contributed by atoms with Gasteiger partial charge in [-0.2, -0.15) is 0 Å². The van der Waals surface area contributed by atoms with Gasteiger partial charge < -0.3 is 14.2 Å². The molecule has 0 saturated heterocycles. The number of hydrogen-bond donors (Lipinski definition) is 0. The molecule has 4 nitrogen and oxygen atoms in total. The van der Waals surface area contributed by atoms with Crippen LogP contribution in [0.4, 0.5) is 0 Å². The number of benzene rings is 1. The van der Waals surface area contributed by atoms with Gasteiger partial charge in [0.1, 0.15) is 0 Å². The second kappa shape index (κ2) is 6.89. The van der Waals surface area contributed by atoms with Crippen molar-refractivity contribution in [3.05, 3.63) is 23.8 Å². The molecule has 1 aromatic carbocycles. The Kier molecular flexibility index (Phi) is 5.49. The van der Waals surface area contributed by atoms with Crippen molar-refractivity contribution in [2.24, 2.45) is 0 Å². The Balaban J connectivity index is 2.96. The third kappa shape index (κ3) is 3.39. The summed E-state index contributed by atoms with van der Waals surface area (Å²) in [5.74, 6) is 0.811. The summed E-state index contributed by atoms with van der Waals surface area (Å²) >= 11 is 0. The lowest BCUT2D eigenvalue weighted by molar-refractivity contribution is 0.0600. The van der Waals surface area contributed by atoms with Crippen molar-refractivity contribution in [1.82, 2.24) is 0 Å². The zero-order chi connectivity index (χ0) is 13.5. The van der Waals surface area contributed by atoms with Crippen LogP contribution in [-0.2, 0) is 4.74 Å². The molecule has 18 heavy (non-hydrogen) atoms. The van der Waals surface area contributed by atoms with Crippen molar-refractivity contribution in [3.63, 3.8) is 0 Å². The molecule has 0 unspecified atom stereocenters. The zero-order valence-electron chi connectivity index (χ0n) is 11.4. The molecular weight excluding hydrogens is 232 g/mol. The fourth-order valence-electron chi connectivity index (χ4n) is 1.64. The Hall–Kier alpha value is -1.71. The van der Waals surface area contributed by atoms with Crippen molar-refractivity contribution in [3.8, 4) is 11.5 Å². The highest BCUT2D eigenvalue weighted by Crippen LogP contribution is 2.30. The van der Waals surface area contributed by atoms with Gasteiger partial charge in [0.2, 0.25) is 0 Å². The second-order valence-electron chi connectivity index (χ2n) is 3.91. The van der Waals surface area contributed by atoms with Gasteiger partial charge in [0.25, 0.3) is 0 Å². The van der Waals surface area contributed by atoms with E-state index >= 15 is 0 Å². The predicted molar refractivity (Wildman–Crippen MR) is 69.3 cm³/mol. The molecule has 0 heterocycles. The number of methoxy groups -OCH3 is 2. The Labute approximate surface area is 108 Å². The number of esters is 1. The molecule has 0 saturated carbocycles. The first kappa shape index (κ1) is 14.4. The minimum atomic E-state index is -0.387. The van der Waals surface area contributed by atoms with Crippen LogP contribution in [0.1, 0.15) is 37.0 Å². The van der Waals surface area contributed by atoms with E-state index in [1.54, 1.807) is 25.3 Å². The van der Waals surface area contributed by atoms with Crippen LogP contribution in [0.15, 0.2) is 18.2 Å². The van der Waals surface area contributed by atoms with Crippen LogP contribution >= 0.6 is 0 Å². The molecule has 0 atom stereocenters. The summed E-state index contributed by atoms with van der Waals surface area (Å²) in [5, 5.41) is 0. The molecule has 0 aromatic heterocycles. The van der Waals surface area contributed by atoms with Gasteiger partial charge in [-0.1, -0.05) is 13.8 Å². The smallest absolute Gasteiger partial charge is 0.337 e. The second-order valence-corrected chi connectivity index (χ2v) is 3.91. The van der Waals surface area contributed by atoms with E-state index in [1.165, 1.54) is 7.11 Å². The number of hydrogen-bond acceptors (Lipinski definition) is 4. The summed E-state index contributed by atoms with van der Waals surface area (Å²) in [6.45, 7) is 4.15. The van der Waals surface area contributed by atoms with Crippen LogP contribution in [0, 0.1) is 0 Å². The summed E-state index contributed by atoms with van der Waals surface area (Å²) in [7, 11) is 2.90. The normalized spacial score (nSPS) is 10.3. The quantitative estimate of drug-likeness (QED) is 0.730. The van der Waals surface area contributed by atoms with Gasteiger partial charge in [0, 0.05) is 0 Å². The van der Waals surface area contributed by atoms with Crippen molar-refractivity contribution in [1.29, 1.82) is 0 Å². The molecule has 0 amide bonds. The SMILES string of the molecule is CCC(CC)Oc1ccc(C(=O)OC)cc1OC. The Morgan fingerprint density at radius 2 is 1.83 bits per heavy atom. The van der Waals surface area contributed by atoms with E-state index in [0.717, 1.165) is 12.8 Å². The van der Waals surface area contributed by atoms with E-state index in [-0.39, 0.29) is 12.1 Å². The van der Waals surface area contributed by atoms with E-state index < -0.39 is 0 Å². The van der Waals surface area contributed by atoms with Crippen molar-refractivity contribution in [2.75, 3.05) is 14.2 Å². The average Bonchev–Trinajstić information content (AvgIpc) is 2.43. The number of carbonyl (C=O) groups excluding carboxylic acids is 1. The molecule has 4 heteroatoms. The van der Waals surface area contributed by atoms with Crippen LogP contribution in [0.25, 0.3) is 0 Å². The Morgan fingerprint density at radius 1 is 1.17 bits per heavy atom. The largest absolute Gasteiger partial charge is 0.493 e. The van der Waals surface area contributed by atoms with Gasteiger partial charge >= 0.3 is 5.97 Å². The summed E-state index contributed by atoms with van der Waals surface area (Å²) < 4.78 is 15.7. The minimum absolute atomic E-state index is 0.155. The topological polar surface area (TPSA) is 44.8 Å². The lowest BCUT2D eigenvalue weighted by Crippen LogP contribution is -2.14. The van der Waals surface area contributed by atoms with E-state index in [4.69, 9.17) is 9.47 Å². The molecule has 100 valence electrons. The van der Waals surface area contributed by atoms with Crippen molar-refractivity contribution in [2.45, 2.75) is 32.8 Å². The molecule has 0 aliphatic heterocycles. The van der Waals surface area contributed by atoms with Gasteiger partial charge in [-0.25, -0.2) is 4.79 Å². The molecule has 1 aromatic rings. The van der Waals surface area contributed by atoms with Crippen LogP contribution in [0.3, 0.4) is 0 Å². The Morgan fingerprint density at radius 3 is 2.33 bits per heavy atom. The fraction of sp³-hybridized carbons (Fsp3) is 0.500. The maximum absolute atomic E-state index is 11.4. The molecule has 1 rings (SSSR count). The molecule has 0 N–H and O–H groups in total. The number of carbonyl (C=O) groups is 1. The van der Waals surface area contributed by atoms with Gasteiger partial charge in [0.15, 0.2) is 11.5 Å². The summed E-state index contributed by atoms with van der Waals surface area (Å²) in [4.78, 5) is 11.4. The van der Waals surface area contributed by atoms with Gasteiger partial charge in [-0.05, 0) is 31.0 Å². The van der Waals surface area contributed by atoms with Gasteiger partial charge in [-0.15, -0.1) is 0 Å². The van der Waals surface area contributed by atoms with Crippen molar-refractivity contribution < 1.29 is 19.0 Å². The summed E-state index contributed by atoms with van der Waals surface area (Å²) in [6.07, 6.45) is 2.01. The molecule has 0 radical (unpaired) electrons. The van der Waals surface area contributed by atoms with Crippen LogP contribution in [0.2, 0.25) is 0 Å². The Bertz CT molecular complexity index is 397. The van der Waals surface area contributed by atoms with Crippen molar-refractivity contribution >= 4 is 5.97 Å². The van der Waals surface area contributed by atoms with Crippen LogP contribution in [0.5, 0.6) is 11.5 Å². The van der Waals surface area contributed by atoms with Crippen LogP contribution < -0.4 is 9.47 Å². The van der Waals surface area contributed by atoms with E-state index in [1.807, 2.05) is 0 Å². The monoisotopic (exact) mass is 252 g/mol. The first-order chi connectivity index (χ1) is 8.65. The molecule has 0 fully saturated rings. The maximum atomic E-state index is 11.4. The molecule has 0 aliphatic rings. The lowest BCUT2D eigenvalue weighted by atomic mass is 10.2. The van der Waals surface area contributed by atoms with Gasteiger partial charge in [0.05, 0.1) is 25.9 Å². The summed E-state index contributed by atoms with van der Waals surface area (Å²) in [6, 6.07) is 5.04. The number of ether oxygens (including phenoxy) is 3. The highest BCUT2D eigenvalue weighted by Gasteiger charge is 2.13. The summed E-state index contributed by atoms with van der Waals surface area (Å²) in [5.41, 5.74) is 0.450. The number of rotatable bonds is 6. The van der Waals surface area contributed by atoms with E-state index in [9.17, 15) is 4.79 Å². The fourth-order valence-corrected chi connectivity index (χ4v) is 1.64. The molecule has 0 bridgehead atoms. The molecule has 0 spiro atoms. The predicted octanol–water partition coefficient (Wildman–Crippen LogP) is 3.05. The van der Waals surface area contributed by atoms with Gasteiger partial charge in [-0.3, -0.25) is 0 Å². The molecular formula is C14H20O4. The first-order valence-corrected chi connectivity index (χ1v) is 6.09. The third-order valence-electron chi connectivity index (χ3n) is 2.79. The average molecular weight is 252 g/mol. The van der Waals surface area contributed by atoms with Crippen LogP contribution in [-0.4, -0.2) is 26.3 Å².